The minimum absolute atomic E-state index is 0.711. The van der Waals surface area contributed by atoms with Crippen LogP contribution >= 0.6 is 0 Å². The largest absolute Gasteiger partial charge is 0.0856 e. The molecule has 0 saturated heterocycles. The maximum atomic E-state index is 2.45. The Labute approximate surface area is 106 Å². The van der Waals surface area contributed by atoms with Crippen molar-refractivity contribution in [3.8, 4) is 0 Å². The number of rotatable bonds is 2. The molecule has 0 heteroatoms. The molecule has 0 aromatic heterocycles. The van der Waals surface area contributed by atoms with E-state index in [1.807, 2.05) is 0 Å². The summed E-state index contributed by atoms with van der Waals surface area (Å²) >= 11 is 0. The molecule has 92 valence electrons. The smallest absolute Gasteiger partial charge is 0.0162 e. The molecule has 0 aliphatic heterocycles. The zero-order valence-corrected chi connectivity index (χ0v) is 11.2. The summed E-state index contributed by atoms with van der Waals surface area (Å²) in [6.45, 7) is 4.68. The second-order valence-corrected chi connectivity index (χ2v) is 5.48. The maximum absolute atomic E-state index is 2.45. The van der Waals surface area contributed by atoms with E-state index in [0.29, 0.717) is 5.92 Å². The number of benzene rings is 1. The van der Waals surface area contributed by atoms with Gasteiger partial charge in [0.25, 0.3) is 0 Å². The highest BCUT2D eigenvalue weighted by atomic mass is 14.2. The molecule has 17 heavy (non-hydrogen) atoms. The molecule has 1 aromatic carbocycles. The lowest BCUT2D eigenvalue weighted by Crippen LogP contribution is -2.11. The molecule has 2 rings (SSSR count). The highest BCUT2D eigenvalue weighted by Crippen LogP contribution is 2.33. The molecule has 0 spiro atoms. The van der Waals surface area contributed by atoms with Crippen LogP contribution in [0.2, 0.25) is 0 Å². The molecule has 0 heterocycles. The summed E-state index contributed by atoms with van der Waals surface area (Å²) in [6, 6.07) is 11.0. The first-order valence-electron chi connectivity index (χ1n) is 6.98. The average Bonchev–Trinajstić information content (AvgIpc) is 2.34. The van der Waals surface area contributed by atoms with Crippen LogP contribution in [0.1, 0.15) is 57.4 Å². The molecule has 2 atom stereocenters. The fraction of sp³-hybridized carbons (Fsp3) is 0.529. The van der Waals surface area contributed by atoms with Gasteiger partial charge in [0.05, 0.1) is 0 Å². The first-order chi connectivity index (χ1) is 8.27. The quantitative estimate of drug-likeness (QED) is 0.601. The monoisotopic (exact) mass is 228 g/mol. The Hall–Kier alpha value is -1.04. The Kier molecular flexibility index (Phi) is 4.42. The third-order valence-corrected chi connectivity index (χ3v) is 4.21. The summed E-state index contributed by atoms with van der Waals surface area (Å²) < 4.78 is 0. The Morgan fingerprint density at radius 2 is 1.88 bits per heavy atom. The van der Waals surface area contributed by atoms with E-state index in [9.17, 15) is 0 Å². The lowest BCUT2D eigenvalue weighted by Gasteiger charge is -2.25. The summed E-state index contributed by atoms with van der Waals surface area (Å²) in [7, 11) is 0. The Bertz CT molecular complexity index is 361. The summed E-state index contributed by atoms with van der Waals surface area (Å²) in [5.41, 5.74) is 3.11. The van der Waals surface area contributed by atoms with Gasteiger partial charge in [-0.2, -0.15) is 0 Å². The number of hydrogen-bond donors (Lipinski definition) is 0. The van der Waals surface area contributed by atoms with Gasteiger partial charge in [0, 0.05) is 0 Å². The van der Waals surface area contributed by atoms with Crippen molar-refractivity contribution in [3.63, 3.8) is 0 Å². The molecule has 1 aliphatic rings. The van der Waals surface area contributed by atoms with Crippen LogP contribution in [0.25, 0.3) is 0 Å². The molecule has 2 unspecified atom stereocenters. The summed E-state index contributed by atoms with van der Waals surface area (Å²) in [5, 5.41) is 0. The van der Waals surface area contributed by atoms with Crippen molar-refractivity contribution in [2.75, 3.05) is 0 Å². The zero-order chi connectivity index (χ0) is 12.1. The Balaban J connectivity index is 2.02. The number of hydrogen-bond acceptors (Lipinski definition) is 0. The van der Waals surface area contributed by atoms with Gasteiger partial charge in [0.15, 0.2) is 0 Å². The van der Waals surface area contributed by atoms with E-state index in [-0.39, 0.29) is 0 Å². The van der Waals surface area contributed by atoms with Crippen molar-refractivity contribution in [2.24, 2.45) is 5.92 Å². The van der Waals surface area contributed by atoms with Crippen molar-refractivity contribution in [2.45, 2.75) is 51.9 Å². The molecule has 0 bridgehead atoms. The van der Waals surface area contributed by atoms with Crippen molar-refractivity contribution >= 4 is 0 Å². The van der Waals surface area contributed by atoms with Crippen LogP contribution in [0.5, 0.6) is 0 Å². The molecule has 0 radical (unpaired) electrons. The van der Waals surface area contributed by atoms with Crippen LogP contribution < -0.4 is 0 Å². The van der Waals surface area contributed by atoms with E-state index in [1.54, 1.807) is 5.57 Å². The summed E-state index contributed by atoms with van der Waals surface area (Å²) in [6.07, 6.45) is 9.13. The van der Waals surface area contributed by atoms with Gasteiger partial charge in [-0.05, 0) is 56.4 Å². The normalized spacial score (nSPS) is 23.4. The SMILES string of the molecule is CC1=CCCC(C(C)c2ccccc2)CCC1. The predicted molar refractivity (Wildman–Crippen MR) is 75.2 cm³/mol. The third kappa shape index (κ3) is 3.46. The van der Waals surface area contributed by atoms with Crippen LogP contribution in [0, 0.1) is 5.92 Å². The van der Waals surface area contributed by atoms with Gasteiger partial charge < -0.3 is 0 Å². The predicted octanol–water partition coefficient (Wildman–Crippen LogP) is 5.32. The summed E-state index contributed by atoms with van der Waals surface area (Å²) in [4.78, 5) is 0. The first-order valence-corrected chi connectivity index (χ1v) is 6.98. The van der Waals surface area contributed by atoms with Crippen LogP contribution in [0.15, 0.2) is 42.0 Å². The van der Waals surface area contributed by atoms with Crippen molar-refractivity contribution in [1.82, 2.24) is 0 Å². The van der Waals surface area contributed by atoms with Crippen molar-refractivity contribution in [3.05, 3.63) is 47.5 Å². The molecule has 0 nitrogen and oxygen atoms in total. The van der Waals surface area contributed by atoms with Crippen molar-refractivity contribution in [1.29, 1.82) is 0 Å². The second kappa shape index (κ2) is 6.05. The first kappa shape index (κ1) is 12.4. The van der Waals surface area contributed by atoms with Crippen LogP contribution in [-0.4, -0.2) is 0 Å². The lowest BCUT2D eigenvalue weighted by molar-refractivity contribution is 0.374. The lowest BCUT2D eigenvalue weighted by atomic mass is 9.80. The standard InChI is InChI=1S/C17H24/c1-14-8-6-12-17(13-7-9-14)15(2)16-10-4-3-5-11-16/h3-5,8,10-11,15,17H,6-7,9,12-13H2,1-2H3. The van der Waals surface area contributed by atoms with Gasteiger partial charge >= 0.3 is 0 Å². The summed E-state index contributed by atoms with van der Waals surface area (Å²) in [5.74, 6) is 1.57. The van der Waals surface area contributed by atoms with Gasteiger partial charge in [-0.3, -0.25) is 0 Å². The topological polar surface area (TPSA) is 0 Å². The van der Waals surface area contributed by atoms with Crippen molar-refractivity contribution < 1.29 is 0 Å². The third-order valence-electron chi connectivity index (χ3n) is 4.21. The van der Waals surface area contributed by atoms with Crippen LogP contribution in [-0.2, 0) is 0 Å². The minimum atomic E-state index is 0.711. The molecule has 0 amide bonds. The molecule has 0 saturated carbocycles. The van der Waals surface area contributed by atoms with E-state index in [1.165, 1.54) is 37.7 Å². The Morgan fingerprint density at radius 3 is 2.65 bits per heavy atom. The van der Waals surface area contributed by atoms with Gasteiger partial charge in [-0.1, -0.05) is 48.9 Å². The highest BCUT2D eigenvalue weighted by molar-refractivity contribution is 5.19. The van der Waals surface area contributed by atoms with Gasteiger partial charge in [0.2, 0.25) is 0 Å². The van der Waals surface area contributed by atoms with E-state index in [4.69, 9.17) is 0 Å². The fourth-order valence-corrected chi connectivity index (χ4v) is 2.96. The Morgan fingerprint density at radius 1 is 1.12 bits per heavy atom. The van der Waals surface area contributed by atoms with E-state index in [0.717, 1.165) is 5.92 Å². The zero-order valence-electron chi connectivity index (χ0n) is 11.2. The van der Waals surface area contributed by atoms with Crippen LogP contribution in [0.3, 0.4) is 0 Å². The minimum Gasteiger partial charge on any atom is -0.0856 e. The molecular weight excluding hydrogens is 204 g/mol. The van der Waals surface area contributed by atoms with Gasteiger partial charge in [-0.15, -0.1) is 0 Å². The molecule has 1 aliphatic carbocycles. The van der Waals surface area contributed by atoms with E-state index < -0.39 is 0 Å². The second-order valence-electron chi connectivity index (χ2n) is 5.48. The van der Waals surface area contributed by atoms with Gasteiger partial charge in [0.1, 0.15) is 0 Å². The van der Waals surface area contributed by atoms with Gasteiger partial charge in [-0.25, -0.2) is 0 Å². The van der Waals surface area contributed by atoms with Crippen LogP contribution in [0.4, 0.5) is 0 Å². The highest BCUT2D eigenvalue weighted by Gasteiger charge is 2.19. The fourth-order valence-electron chi connectivity index (χ4n) is 2.96. The molecule has 1 aromatic rings. The maximum Gasteiger partial charge on any atom is -0.0162 e. The average molecular weight is 228 g/mol. The van der Waals surface area contributed by atoms with E-state index in [2.05, 4.69) is 50.3 Å². The molecule has 0 N–H and O–H groups in total. The number of allylic oxidation sites excluding steroid dienone is 2. The molecular formula is C17H24. The molecule has 0 fully saturated rings. The van der Waals surface area contributed by atoms with E-state index >= 15 is 0 Å².